The maximum absolute atomic E-state index is 10.7. The molecule has 0 aromatic rings. The number of thiocarbonyl (C=S) groups is 1. The number of carbonyl (C=O) groups excluding carboxylic acids is 1. The SMILES string of the molecule is CCO[Si](CCCOC(=S)CCC(=O)S)(OCC)OCC. The molecule has 0 aliphatic carbocycles. The van der Waals surface area contributed by atoms with Crippen molar-refractivity contribution in [1.82, 2.24) is 0 Å². The fourth-order valence-electron chi connectivity index (χ4n) is 1.76. The van der Waals surface area contributed by atoms with E-state index < -0.39 is 8.80 Å². The molecular weight excluding hydrogens is 328 g/mol. The van der Waals surface area contributed by atoms with E-state index in [1.165, 1.54) is 0 Å². The second-order valence-electron chi connectivity index (χ2n) is 4.20. The van der Waals surface area contributed by atoms with Crippen LogP contribution in [0.4, 0.5) is 0 Å². The molecule has 0 fully saturated rings. The summed E-state index contributed by atoms with van der Waals surface area (Å²) in [5.74, 6) is 0. The molecule has 0 amide bonds. The highest BCUT2D eigenvalue weighted by molar-refractivity contribution is 7.96. The molecule has 0 aliphatic rings. The first kappa shape index (κ1) is 21.0. The predicted molar refractivity (Wildman–Crippen MR) is 91.8 cm³/mol. The van der Waals surface area contributed by atoms with Crippen molar-refractivity contribution in [3.63, 3.8) is 0 Å². The molecule has 0 aliphatic heterocycles. The summed E-state index contributed by atoms with van der Waals surface area (Å²) in [5, 5.41) is 0.255. The van der Waals surface area contributed by atoms with Crippen LogP contribution in [0.5, 0.6) is 0 Å². The van der Waals surface area contributed by atoms with Crippen molar-refractivity contribution in [1.29, 1.82) is 0 Å². The first-order valence-electron chi connectivity index (χ1n) is 7.29. The van der Waals surface area contributed by atoms with Gasteiger partial charge in [0.25, 0.3) is 0 Å². The minimum absolute atomic E-state index is 0.184. The summed E-state index contributed by atoms with van der Waals surface area (Å²) in [6.45, 7) is 7.96. The Balaban J connectivity index is 4.11. The average molecular weight is 355 g/mol. The molecule has 8 heteroatoms. The molecule has 124 valence electrons. The largest absolute Gasteiger partial charge is 0.501 e. The van der Waals surface area contributed by atoms with Gasteiger partial charge in [-0.2, -0.15) is 0 Å². The van der Waals surface area contributed by atoms with E-state index in [1.807, 2.05) is 20.8 Å². The molecule has 21 heavy (non-hydrogen) atoms. The maximum Gasteiger partial charge on any atom is 0.501 e. The summed E-state index contributed by atoms with van der Waals surface area (Å²) in [7, 11) is -2.59. The Morgan fingerprint density at radius 1 is 1.05 bits per heavy atom. The zero-order valence-corrected chi connectivity index (χ0v) is 15.8. The maximum atomic E-state index is 10.7. The van der Waals surface area contributed by atoms with Crippen molar-refractivity contribution in [3.05, 3.63) is 0 Å². The van der Waals surface area contributed by atoms with Crippen molar-refractivity contribution in [2.75, 3.05) is 26.4 Å². The Labute approximate surface area is 139 Å². The molecule has 0 aromatic heterocycles. The number of ether oxygens (including phenoxy) is 1. The van der Waals surface area contributed by atoms with Crippen molar-refractivity contribution in [2.45, 2.75) is 46.1 Å². The van der Waals surface area contributed by atoms with Gasteiger partial charge in [-0.15, -0.1) is 12.6 Å². The van der Waals surface area contributed by atoms with Crippen molar-refractivity contribution in [2.24, 2.45) is 0 Å². The van der Waals surface area contributed by atoms with Crippen LogP contribution in [0.2, 0.25) is 6.04 Å². The lowest BCUT2D eigenvalue weighted by atomic mass is 10.3. The predicted octanol–water partition coefficient (Wildman–Crippen LogP) is 3.01. The third-order valence-electron chi connectivity index (χ3n) is 2.53. The van der Waals surface area contributed by atoms with Gasteiger partial charge in [0.05, 0.1) is 6.61 Å². The molecule has 0 saturated carbocycles. The molecule has 0 rings (SSSR count). The number of rotatable bonds is 13. The summed E-state index contributed by atoms with van der Waals surface area (Å²) in [4.78, 5) is 10.7. The Morgan fingerprint density at radius 2 is 1.57 bits per heavy atom. The van der Waals surface area contributed by atoms with E-state index >= 15 is 0 Å². The Morgan fingerprint density at radius 3 is 2.00 bits per heavy atom. The monoisotopic (exact) mass is 354 g/mol. The fourth-order valence-corrected chi connectivity index (χ4v) is 4.63. The first-order valence-corrected chi connectivity index (χ1v) is 10.1. The highest BCUT2D eigenvalue weighted by Crippen LogP contribution is 2.18. The quantitative estimate of drug-likeness (QED) is 0.237. The van der Waals surface area contributed by atoms with Gasteiger partial charge in [-0.1, -0.05) is 0 Å². The Kier molecular flexibility index (Phi) is 12.5. The van der Waals surface area contributed by atoms with E-state index in [2.05, 4.69) is 12.6 Å². The van der Waals surface area contributed by atoms with Gasteiger partial charge in [-0.05, 0) is 39.4 Å². The Bertz CT molecular complexity index is 298. The standard InChI is InChI=1S/C13H26O5S2Si/c1-4-16-21(17-5-2,18-6-3)11-7-10-15-13(20)9-8-12(14)19/h4-11H2,1-3H3,(H,14,19). The normalized spacial score (nSPS) is 11.4. The third kappa shape index (κ3) is 10.4. The molecule has 0 N–H and O–H groups in total. The Hall–Kier alpha value is 0.00688. The van der Waals surface area contributed by atoms with Crippen LogP contribution in [-0.2, 0) is 22.8 Å². The van der Waals surface area contributed by atoms with Gasteiger partial charge in [-0.25, -0.2) is 0 Å². The number of thiol groups is 1. The van der Waals surface area contributed by atoms with Gasteiger partial charge >= 0.3 is 8.80 Å². The van der Waals surface area contributed by atoms with Crippen LogP contribution in [0.1, 0.15) is 40.0 Å². The zero-order valence-electron chi connectivity index (χ0n) is 13.1. The van der Waals surface area contributed by atoms with Gasteiger partial charge in [-0.3, -0.25) is 4.79 Å². The molecule has 0 heterocycles. The number of carbonyl (C=O) groups is 1. The van der Waals surface area contributed by atoms with Crippen LogP contribution < -0.4 is 0 Å². The zero-order chi connectivity index (χ0) is 16.1. The second-order valence-corrected chi connectivity index (χ2v) is 7.89. The molecule has 0 bridgehead atoms. The fraction of sp³-hybridized carbons (Fsp3) is 0.846. The van der Waals surface area contributed by atoms with Gasteiger partial charge in [0, 0.05) is 38.7 Å². The number of hydrogen-bond acceptors (Lipinski definition) is 6. The summed E-state index contributed by atoms with van der Waals surface area (Å²) in [5.41, 5.74) is 0. The van der Waals surface area contributed by atoms with E-state index in [0.29, 0.717) is 50.4 Å². The molecule has 0 atom stereocenters. The summed E-state index contributed by atoms with van der Waals surface area (Å²) in [6.07, 6.45) is 1.47. The van der Waals surface area contributed by atoms with Crippen LogP contribution in [0.3, 0.4) is 0 Å². The summed E-state index contributed by atoms with van der Waals surface area (Å²) < 4.78 is 22.7. The first-order chi connectivity index (χ1) is 9.99. The van der Waals surface area contributed by atoms with E-state index in [4.69, 9.17) is 30.2 Å². The lowest BCUT2D eigenvalue weighted by Gasteiger charge is -2.28. The summed E-state index contributed by atoms with van der Waals surface area (Å²) in [6, 6.07) is 0.691. The van der Waals surface area contributed by atoms with E-state index in [0.717, 1.165) is 6.42 Å². The molecule has 0 aromatic carbocycles. The lowest BCUT2D eigenvalue weighted by molar-refractivity contribution is -0.110. The van der Waals surface area contributed by atoms with E-state index in [1.54, 1.807) is 0 Å². The van der Waals surface area contributed by atoms with Gasteiger partial charge in [0.2, 0.25) is 0 Å². The molecule has 0 spiro atoms. The smallest absolute Gasteiger partial charge is 0.487 e. The average Bonchev–Trinajstić information content (AvgIpc) is 2.42. The molecule has 0 unspecified atom stereocenters. The minimum Gasteiger partial charge on any atom is -0.487 e. The third-order valence-corrected chi connectivity index (χ3v) is 6.22. The van der Waals surface area contributed by atoms with Crippen LogP contribution >= 0.6 is 24.8 Å². The molecule has 0 saturated heterocycles. The minimum atomic E-state index is -2.59. The second kappa shape index (κ2) is 12.5. The van der Waals surface area contributed by atoms with Crippen LogP contribution in [0, 0.1) is 0 Å². The van der Waals surface area contributed by atoms with Crippen LogP contribution in [-0.4, -0.2) is 45.4 Å². The van der Waals surface area contributed by atoms with Gasteiger partial charge in [0.1, 0.15) is 0 Å². The summed E-state index contributed by atoms with van der Waals surface area (Å²) >= 11 is 8.73. The van der Waals surface area contributed by atoms with Gasteiger partial charge in [0.15, 0.2) is 10.2 Å². The molecular formula is C13H26O5S2Si. The van der Waals surface area contributed by atoms with Crippen molar-refractivity contribution in [3.8, 4) is 0 Å². The lowest BCUT2D eigenvalue weighted by Crippen LogP contribution is -2.46. The van der Waals surface area contributed by atoms with E-state index in [9.17, 15) is 4.79 Å². The van der Waals surface area contributed by atoms with Crippen LogP contribution in [0.25, 0.3) is 0 Å². The molecule has 5 nitrogen and oxygen atoms in total. The molecule has 0 radical (unpaired) electrons. The topological polar surface area (TPSA) is 54.0 Å². The van der Waals surface area contributed by atoms with E-state index in [-0.39, 0.29) is 5.12 Å². The highest BCUT2D eigenvalue weighted by atomic mass is 32.1. The number of hydrogen-bond donors (Lipinski definition) is 1. The van der Waals surface area contributed by atoms with Crippen molar-refractivity contribution < 1.29 is 22.8 Å². The highest BCUT2D eigenvalue weighted by Gasteiger charge is 2.39. The van der Waals surface area contributed by atoms with Crippen LogP contribution in [0.15, 0.2) is 0 Å². The van der Waals surface area contributed by atoms with Crippen molar-refractivity contribution >= 4 is 43.8 Å². The van der Waals surface area contributed by atoms with Gasteiger partial charge < -0.3 is 18.0 Å².